The van der Waals surface area contributed by atoms with E-state index in [0.717, 1.165) is 17.7 Å². The summed E-state index contributed by atoms with van der Waals surface area (Å²) in [5.74, 6) is 1.16. The molecule has 1 aromatic heterocycles. The molecular formula is C20H24N2O4. The van der Waals surface area contributed by atoms with Crippen LogP contribution in [0.4, 0.5) is 0 Å². The average Bonchev–Trinajstić information content (AvgIpc) is 3.10. The first-order chi connectivity index (χ1) is 12.7. The minimum Gasteiger partial charge on any atom is -0.496 e. The van der Waals surface area contributed by atoms with Gasteiger partial charge < -0.3 is 19.0 Å². The molecule has 3 rings (SSSR count). The van der Waals surface area contributed by atoms with Crippen LogP contribution in [0.25, 0.3) is 0 Å². The lowest BCUT2D eigenvalue weighted by Crippen LogP contribution is -2.37. The molecule has 2 amide bonds. The fraction of sp³-hybridized carbons (Fsp3) is 0.400. The van der Waals surface area contributed by atoms with Gasteiger partial charge in [0.15, 0.2) is 5.76 Å². The van der Waals surface area contributed by atoms with E-state index < -0.39 is 0 Å². The van der Waals surface area contributed by atoms with E-state index in [1.165, 1.54) is 6.26 Å². The number of ether oxygens (including phenoxy) is 1. The van der Waals surface area contributed by atoms with Crippen molar-refractivity contribution >= 4 is 11.8 Å². The summed E-state index contributed by atoms with van der Waals surface area (Å²) in [6, 6.07) is 11.1. The average molecular weight is 356 g/mol. The van der Waals surface area contributed by atoms with Gasteiger partial charge in [-0.3, -0.25) is 9.59 Å². The summed E-state index contributed by atoms with van der Waals surface area (Å²) < 4.78 is 10.5. The van der Waals surface area contributed by atoms with Crippen LogP contribution in [0, 0.1) is 0 Å². The van der Waals surface area contributed by atoms with Crippen molar-refractivity contribution in [2.75, 3.05) is 33.3 Å². The van der Waals surface area contributed by atoms with E-state index in [4.69, 9.17) is 9.15 Å². The molecule has 0 atom stereocenters. The molecule has 0 saturated carbocycles. The van der Waals surface area contributed by atoms with Crippen molar-refractivity contribution in [3.05, 3.63) is 54.0 Å². The second-order valence-electron chi connectivity index (χ2n) is 6.32. The number of aryl methyl sites for hydroxylation is 1. The van der Waals surface area contributed by atoms with Crippen molar-refractivity contribution < 1.29 is 18.7 Å². The molecular weight excluding hydrogens is 332 g/mol. The highest BCUT2D eigenvalue weighted by Gasteiger charge is 2.24. The van der Waals surface area contributed by atoms with Crippen molar-refractivity contribution in [2.24, 2.45) is 0 Å². The van der Waals surface area contributed by atoms with E-state index in [-0.39, 0.29) is 11.8 Å². The van der Waals surface area contributed by atoms with Crippen molar-refractivity contribution in [3.8, 4) is 5.75 Å². The van der Waals surface area contributed by atoms with Gasteiger partial charge >= 0.3 is 0 Å². The highest BCUT2D eigenvalue weighted by atomic mass is 16.5. The molecule has 0 aliphatic carbocycles. The Balaban J connectivity index is 1.53. The second kappa shape index (κ2) is 8.56. The zero-order valence-electron chi connectivity index (χ0n) is 15.0. The number of furan rings is 1. The van der Waals surface area contributed by atoms with Gasteiger partial charge in [-0.2, -0.15) is 0 Å². The maximum atomic E-state index is 12.6. The normalized spacial score (nSPS) is 14.8. The van der Waals surface area contributed by atoms with E-state index in [1.54, 1.807) is 24.1 Å². The molecule has 1 aliphatic heterocycles. The lowest BCUT2D eigenvalue weighted by atomic mass is 10.1. The van der Waals surface area contributed by atoms with Gasteiger partial charge in [0.1, 0.15) is 5.75 Å². The largest absolute Gasteiger partial charge is 0.496 e. The van der Waals surface area contributed by atoms with Crippen LogP contribution in [-0.2, 0) is 11.2 Å². The Morgan fingerprint density at radius 3 is 2.58 bits per heavy atom. The zero-order valence-corrected chi connectivity index (χ0v) is 15.0. The number of carbonyl (C=O) groups is 2. The van der Waals surface area contributed by atoms with Crippen LogP contribution in [0.3, 0.4) is 0 Å². The lowest BCUT2D eigenvalue weighted by Gasteiger charge is -2.22. The number of carbonyl (C=O) groups excluding carboxylic acids is 2. The molecule has 26 heavy (non-hydrogen) atoms. The first kappa shape index (κ1) is 18.0. The van der Waals surface area contributed by atoms with Crippen LogP contribution in [0.5, 0.6) is 5.75 Å². The summed E-state index contributed by atoms with van der Waals surface area (Å²) in [6.45, 7) is 2.39. The summed E-state index contributed by atoms with van der Waals surface area (Å²) >= 11 is 0. The SMILES string of the molecule is COc1ccccc1CCC(=O)N1CCCN(C(=O)c2ccco2)CC1. The minimum absolute atomic E-state index is 0.113. The molecule has 0 radical (unpaired) electrons. The number of methoxy groups -OCH3 is 1. The molecule has 138 valence electrons. The number of benzene rings is 1. The number of rotatable bonds is 5. The van der Waals surface area contributed by atoms with E-state index in [0.29, 0.717) is 44.8 Å². The second-order valence-corrected chi connectivity index (χ2v) is 6.32. The molecule has 0 unspecified atom stereocenters. The van der Waals surface area contributed by atoms with Gasteiger partial charge in [0.25, 0.3) is 5.91 Å². The molecule has 0 bridgehead atoms. The molecule has 6 heteroatoms. The lowest BCUT2D eigenvalue weighted by molar-refractivity contribution is -0.131. The molecule has 2 aromatic rings. The maximum Gasteiger partial charge on any atom is 0.289 e. The summed E-state index contributed by atoms with van der Waals surface area (Å²) in [6.07, 6.45) is 3.35. The van der Waals surface area contributed by atoms with E-state index >= 15 is 0 Å². The quantitative estimate of drug-likeness (QED) is 0.826. The molecule has 1 aliphatic rings. The molecule has 0 N–H and O–H groups in total. The van der Waals surface area contributed by atoms with Crippen LogP contribution >= 0.6 is 0 Å². The molecule has 1 saturated heterocycles. The van der Waals surface area contributed by atoms with Gasteiger partial charge in [0.2, 0.25) is 5.91 Å². The van der Waals surface area contributed by atoms with Crippen LogP contribution in [0.2, 0.25) is 0 Å². The van der Waals surface area contributed by atoms with Crippen LogP contribution in [-0.4, -0.2) is 54.9 Å². The zero-order chi connectivity index (χ0) is 18.4. The van der Waals surface area contributed by atoms with E-state index in [2.05, 4.69) is 0 Å². The summed E-state index contributed by atoms with van der Waals surface area (Å²) in [5.41, 5.74) is 1.03. The van der Waals surface area contributed by atoms with Gasteiger partial charge in [-0.25, -0.2) is 0 Å². The monoisotopic (exact) mass is 356 g/mol. The number of para-hydroxylation sites is 1. The molecule has 6 nitrogen and oxygen atoms in total. The third kappa shape index (κ3) is 4.25. The third-order valence-electron chi connectivity index (χ3n) is 4.67. The molecule has 1 fully saturated rings. The fourth-order valence-electron chi connectivity index (χ4n) is 3.24. The Hall–Kier alpha value is -2.76. The van der Waals surface area contributed by atoms with Crippen molar-refractivity contribution in [3.63, 3.8) is 0 Å². The maximum absolute atomic E-state index is 12.6. The van der Waals surface area contributed by atoms with Gasteiger partial charge in [-0.05, 0) is 36.6 Å². The summed E-state index contributed by atoms with van der Waals surface area (Å²) in [4.78, 5) is 28.6. The van der Waals surface area contributed by atoms with Crippen LogP contribution in [0.15, 0.2) is 47.1 Å². The summed E-state index contributed by atoms with van der Waals surface area (Å²) in [7, 11) is 1.64. The van der Waals surface area contributed by atoms with Crippen LogP contribution < -0.4 is 4.74 Å². The highest BCUT2D eigenvalue weighted by Crippen LogP contribution is 2.19. The highest BCUT2D eigenvalue weighted by molar-refractivity contribution is 5.91. The number of hydrogen-bond donors (Lipinski definition) is 0. The van der Waals surface area contributed by atoms with Crippen molar-refractivity contribution in [2.45, 2.75) is 19.3 Å². The molecule has 0 spiro atoms. The molecule has 2 heterocycles. The van der Waals surface area contributed by atoms with Gasteiger partial charge in [0.05, 0.1) is 13.4 Å². The Morgan fingerprint density at radius 1 is 1.04 bits per heavy atom. The molecule has 1 aromatic carbocycles. The topological polar surface area (TPSA) is 63.0 Å². The van der Waals surface area contributed by atoms with Crippen molar-refractivity contribution in [1.29, 1.82) is 0 Å². The van der Waals surface area contributed by atoms with E-state index in [1.807, 2.05) is 29.2 Å². The fourth-order valence-corrected chi connectivity index (χ4v) is 3.24. The van der Waals surface area contributed by atoms with Gasteiger partial charge in [-0.15, -0.1) is 0 Å². The Labute approximate surface area is 153 Å². The summed E-state index contributed by atoms with van der Waals surface area (Å²) in [5, 5.41) is 0. The predicted molar refractivity (Wildman–Crippen MR) is 97.1 cm³/mol. The smallest absolute Gasteiger partial charge is 0.289 e. The van der Waals surface area contributed by atoms with Gasteiger partial charge in [-0.1, -0.05) is 18.2 Å². The Morgan fingerprint density at radius 2 is 1.81 bits per heavy atom. The first-order valence-corrected chi connectivity index (χ1v) is 8.91. The van der Waals surface area contributed by atoms with E-state index in [9.17, 15) is 9.59 Å². The number of amides is 2. The number of hydrogen-bond acceptors (Lipinski definition) is 4. The standard InChI is InChI=1S/C20H24N2O4/c1-25-17-7-3-2-6-16(17)9-10-19(23)21-11-5-12-22(14-13-21)20(24)18-8-4-15-26-18/h2-4,6-8,15H,5,9-14H2,1H3. The van der Waals surface area contributed by atoms with Gasteiger partial charge in [0, 0.05) is 32.6 Å². The Kier molecular flexibility index (Phi) is 5.94. The number of nitrogens with zero attached hydrogens (tertiary/aromatic N) is 2. The third-order valence-corrected chi connectivity index (χ3v) is 4.67. The predicted octanol–water partition coefficient (Wildman–Crippen LogP) is 2.60. The Bertz CT molecular complexity index is 742. The minimum atomic E-state index is -0.113. The van der Waals surface area contributed by atoms with Crippen molar-refractivity contribution in [1.82, 2.24) is 9.80 Å². The van der Waals surface area contributed by atoms with Crippen LogP contribution in [0.1, 0.15) is 29.0 Å². The first-order valence-electron chi connectivity index (χ1n) is 8.91.